The van der Waals surface area contributed by atoms with Crippen molar-refractivity contribution in [1.29, 1.82) is 0 Å². The summed E-state index contributed by atoms with van der Waals surface area (Å²) in [5.41, 5.74) is 1.15. The van der Waals surface area contributed by atoms with Gasteiger partial charge in [0.2, 0.25) is 5.91 Å². The van der Waals surface area contributed by atoms with Gasteiger partial charge < -0.3 is 4.90 Å². The van der Waals surface area contributed by atoms with Crippen molar-refractivity contribution in [2.75, 3.05) is 0 Å². The number of hydrogen-bond acceptors (Lipinski definition) is 1. The molecule has 1 aliphatic heterocycles. The predicted octanol–water partition coefficient (Wildman–Crippen LogP) is 2.49. The van der Waals surface area contributed by atoms with E-state index in [9.17, 15) is 4.79 Å². The largest absolute Gasteiger partial charge is 0.314 e. The molecule has 0 atom stereocenters. The molecule has 0 N–H and O–H groups in total. The molecule has 0 saturated carbocycles. The van der Waals surface area contributed by atoms with Crippen molar-refractivity contribution in [3.63, 3.8) is 0 Å². The molecule has 2 rings (SSSR count). The molecule has 0 aliphatic carbocycles. The molecule has 0 fully saturated rings. The maximum atomic E-state index is 11.6. The van der Waals surface area contributed by atoms with E-state index in [0.717, 1.165) is 5.56 Å². The van der Waals surface area contributed by atoms with Crippen LogP contribution in [-0.2, 0) is 11.3 Å². The third-order valence-electron chi connectivity index (χ3n) is 2.32. The van der Waals surface area contributed by atoms with Crippen LogP contribution in [0.25, 0.3) is 0 Å². The minimum Gasteiger partial charge on any atom is -0.314 e. The Bertz CT molecular complexity index is 392. The summed E-state index contributed by atoms with van der Waals surface area (Å²) in [6, 6.07) is 10.0. The molecular weight excluding hydrogens is 186 g/mol. The number of carbonyl (C=O) groups excluding carboxylic acids is 1. The van der Waals surface area contributed by atoms with Gasteiger partial charge in [0.25, 0.3) is 0 Å². The van der Waals surface area contributed by atoms with Crippen LogP contribution < -0.4 is 0 Å². The minimum absolute atomic E-state index is 0.142. The van der Waals surface area contributed by atoms with Gasteiger partial charge in [-0.15, -0.1) is 0 Å². The minimum atomic E-state index is 0.142. The Balaban J connectivity index is 2.09. The van der Waals surface area contributed by atoms with Gasteiger partial charge in [0.05, 0.1) is 6.54 Å². The monoisotopic (exact) mass is 199 g/mol. The SMILES string of the molecule is O=C1CC=CC=CN1Cc1ccccc1. The zero-order valence-corrected chi connectivity index (χ0v) is 8.47. The van der Waals surface area contributed by atoms with Gasteiger partial charge in [-0.25, -0.2) is 0 Å². The number of carbonyl (C=O) groups is 1. The molecule has 1 amide bonds. The summed E-state index contributed by atoms with van der Waals surface area (Å²) < 4.78 is 0. The van der Waals surface area contributed by atoms with Crippen LogP contribution >= 0.6 is 0 Å². The van der Waals surface area contributed by atoms with E-state index < -0.39 is 0 Å². The van der Waals surface area contributed by atoms with Crippen molar-refractivity contribution < 1.29 is 4.79 Å². The van der Waals surface area contributed by atoms with Crippen molar-refractivity contribution in [2.45, 2.75) is 13.0 Å². The van der Waals surface area contributed by atoms with Crippen LogP contribution in [0.1, 0.15) is 12.0 Å². The second-order valence-corrected chi connectivity index (χ2v) is 3.48. The number of amides is 1. The number of benzene rings is 1. The van der Waals surface area contributed by atoms with Crippen LogP contribution in [0.4, 0.5) is 0 Å². The molecule has 1 aliphatic rings. The lowest BCUT2D eigenvalue weighted by atomic mass is 10.2. The molecule has 0 radical (unpaired) electrons. The zero-order chi connectivity index (χ0) is 10.5. The van der Waals surface area contributed by atoms with Gasteiger partial charge in [-0.3, -0.25) is 4.79 Å². The van der Waals surface area contributed by atoms with Crippen LogP contribution in [0.3, 0.4) is 0 Å². The van der Waals surface area contributed by atoms with Crippen LogP contribution in [-0.4, -0.2) is 10.8 Å². The summed E-state index contributed by atoms with van der Waals surface area (Å²) in [7, 11) is 0. The van der Waals surface area contributed by atoms with Gasteiger partial charge in [0, 0.05) is 12.6 Å². The lowest BCUT2D eigenvalue weighted by Crippen LogP contribution is -2.23. The highest BCUT2D eigenvalue weighted by molar-refractivity contribution is 5.79. The summed E-state index contributed by atoms with van der Waals surface area (Å²) in [4.78, 5) is 13.4. The lowest BCUT2D eigenvalue weighted by Gasteiger charge is -2.16. The van der Waals surface area contributed by atoms with Crippen molar-refractivity contribution >= 4 is 5.91 Å². The standard InChI is InChI=1S/C13H13NO/c15-13-9-5-2-6-10-14(13)11-12-7-3-1-4-8-12/h1-8,10H,9,11H2. The number of nitrogens with zero attached hydrogens (tertiary/aromatic N) is 1. The van der Waals surface area contributed by atoms with Gasteiger partial charge in [0.1, 0.15) is 0 Å². The summed E-state index contributed by atoms with van der Waals surface area (Å²) in [5, 5.41) is 0. The quantitative estimate of drug-likeness (QED) is 0.716. The molecule has 76 valence electrons. The zero-order valence-electron chi connectivity index (χ0n) is 8.47. The third kappa shape index (κ3) is 2.56. The predicted molar refractivity (Wildman–Crippen MR) is 59.9 cm³/mol. The fourth-order valence-corrected chi connectivity index (χ4v) is 1.52. The van der Waals surface area contributed by atoms with E-state index in [1.165, 1.54) is 0 Å². The summed E-state index contributed by atoms with van der Waals surface area (Å²) >= 11 is 0. The molecule has 15 heavy (non-hydrogen) atoms. The van der Waals surface area contributed by atoms with Crippen molar-refractivity contribution in [2.24, 2.45) is 0 Å². The summed E-state index contributed by atoms with van der Waals surface area (Å²) in [6.07, 6.45) is 8.00. The summed E-state index contributed by atoms with van der Waals surface area (Å²) in [5.74, 6) is 0.142. The van der Waals surface area contributed by atoms with Crippen LogP contribution in [0.2, 0.25) is 0 Å². The van der Waals surface area contributed by atoms with Crippen LogP contribution in [0, 0.1) is 0 Å². The van der Waals surface area contributed by atoms with Gasteiger partial charge in [-0.05, 0) is 11.6 Å². The van der Waals surface area contributed by atoms with E-state index in [2.05, 4.69) is 0 Å². The van der Waals surface area contributed by atoms with Crippen LogP contribution in [0.15, 0.2) is 54.8 Å². The fraction of sp³-hybridized carbons (Fsp3) is 0.154. The van der Waals surface area contributed by atoms with Gasteiger partial charge >= 0.3 is 0 Å². The second-order valence-electron chi connectivity index (χ2n) is 3.48. The molecule has 1 heterocycles. The molecule has 1 aromatic rings. The molecule has 0 saturated heterocycles. The van der Waals surface area contributed by atoms with Gasteiger partial charge in [-0.2, -0.15) is 0 Å². The Morgan fingerprint density at radius 2 is 1.93 bits per heavy atom. The first-order chi connectivity index (χ1) is 7.36. The molecule has 1 aromatic carbocycles. The number of rotatable bonds is 2. The average molecular weight is 199 g/mol. The third-order valence-corrected chi connectivity index (χ3v) is 2.32. The van der Waals surface area contributed by atoms with Crippen LogP contribution in [0.5, 0.6) is 0 Å². The lowest BCUT2D eigenvalue weighted by molar-refractivity contribution is -0.128. The molecule has 0 spiro atoms. The van der Waals surface area contributed by atoms with Crippen molar-refractivity contribution in [1.82, 2.24) is 4.90 Å². The van der Waals surface area contributed by atoms with E-state index >= 15 is 0 Å². The molecule has 0 bridgehead atoms. The Labute approximate surface area is 89.5 Å². The molecular formula is C13H13NO. The molecule has 2 nitrogen and oxygen atoms in total. The average Bonchev–Trinajstić information content (AvgIpc) is 2.46. The van der Waals surface area contributed by atoms with E-state index in [4.69, 9.17) is 0 Å². The first-order valence-electron chi connectivity index (χ1n) is 5.03. The van der Waals surface area contributed by atoms with Gasteiger partial charge in [-0.1, -0.05) is 42.5 Å². The first kappa shape index (κ1) is 9.71. The van der Waals surface area contributed by atoms with E-state index in [1.807, 2.05) is 54.8 Å². The highest BCUT2D eigenvalue weighted by Crippen LogP contribution is 2.09. The van der Waals surface area contributed by atoms with Crippen molar-refractivity contribution in [3.8, 4) is 0 Å². The van der Waals surface area contributed by atoms with E-state index in [0.29, 0.717) is 13.0 Å². The Hall–Kier alpha value is -1.83. The maximum Gasteiger partial charge on any atom is 0.230 e. The highest BCUT2D eigenvalue weighted by Gasteiger charge is 2.10. The topological polar surface area (TPSA) is 20.3 Å². The normalized spacial score (nSPS) is 15.5. The number of allylic oxidation sites excluding steroid dienone is 2. The Kier molecular flexibility index (Phi) is 2.98. The maximum absolute atomic E-state index is 11.6. The highest BCUT2D eigenvalue weighted by atomic mass is 16.2. The van der Waals surface area contributed by atoms with Gasteiger partial charge in [0.15, 0.2) is 0 Å². The van der Waals surface area contributed by atoms with E-state index in [1.54, 1.807) is 4.90 Å². The molecule has 0 aromatic heterocycles. The first-order valence-corrected chi connectivity index (χ1v) is 5.03. The Morgan fingerprint density at radius 3 is 2.73 bits per heavy atom. The summed E-state index contributed by atoms with van der Waals surface area (Å²) in [6.45, 7) is 0.651. The smallest absolute Gasteiger partial charge is 0.230 e. The molecule has 0 unspecified atom stereocenters. The molecule has 2 heteroatoms. The Morgan fingerprint density at radius 1 is 1.13 bits per heavy atom. The number of hydrogen-bond donors (Lipinski definition) is 0. The van der Waals surface area contributed by atoms with Crippen molar-refractivity contribution in [3.05, 3.63) is 60.3 Å². The second kappa shape index (κ2) is 4.60. The van der Waals surface area contributed by atoms with E-state index in [-0.39, 0.29) is 5.91 Å². The fourth-order valence-electron chi connectivity index (χ4n) is 1.52.